The number of likely N-dealkylation sites (N-methyl/N-ethyl adjacent to an activating group) is 1. The number of amides is 1. The summed E-state index contributed by atoms with van der Waals surface area (Å²) in [6, 6.07) is 6.25. The van der Waals surface area contributed by atoms with Gasteiger partial charge in [-0.3, -0.25) is 9.59 Å². The molecule has 3 unspecified atom stereocenters. The van der Waals surface area contributed by atoms with Gasteiger partial charge in [0, 0.05) is 31.5 Å². The van der Waals surface area contributed by atoms with Gasteiger partial charge in [0.25, 0.3) is 0 Å². The standard InChI is InChI=1S/C32H49NO4/c1-22(2)33(4)30(36)21-37-18-10-8-6-5-7-9-11-24-20-32(3)28(16-17-29(32)35)27-14-12-23-19-25(34)13-15-26(23)31(24)27/h13,15,19,22,24,27-28,31,34H,5-12,14,16-18,20-21H2,1-4H3/t24-,27?,28?,31?,32-/m0/s1. The Morgan fingerprint density at radius 2 is 1.84 bits per heavy atom. The van der Waals surface area contributed by atoms with Gasteiger partial charge >= 0.3 is 0 Å². The average molecular weight is 512 g/mol. The summed E-state index contributed by atoms with van der Waals surface area (Å²) in [5.41, 5.74) is 2.67. The van der Waals surface area contributed by atoms with Gasteiger partial charge in [-0.15, -0.1) is 0 Å². The van der Waals surface area contributed by atoms with Crippen molar-refractivity contribution in [2.75, 3.05) is 20.3 Å². The molecule has 5 atom stereocenters. The third kappa shape index (κ3) is 6.24. The van der Waals surface area contributed by atoms with Crippen LogP contribution in [0.15, 0.2) is 18.2 Å². The summed E-state index contributed by atoms with van der Waals surface area (Å²) in [5, 5.41) is 10.1. The number of ketones is 1. The van der Waals surface area contributed by atoms with Crippen molar-refractivity contribution in [1.29, 1.82) is 0 Å². The number of rotatable bonds is 12. The van der Waals surface area contributed by atoms with Crippen LogP contribution >= 0.6 is 0 Å². The fourth-order valence-electron chi connectivity index (χ4n) is 7.79. The van der Waals surface area contributed by atoms with Crippen LogP contribution in [0, 0.1) is 23.2 Å². The molecule has 5 nitrogen and oxygen atoms in total. The number of nitrogens with zero attached hydrogens (tertiary/aromatic N) is 1. The number of benzene rings is 1. The Hall–Kier alpha value is -1.88. The monoisotopic (exact) mass is 511 g/mol. The summed E-state index contributed by atoms with van der Waals surface area (Å²) in [5.74, 6) is 3.19. The molecule has 0 radical (unpaired) electrons. The third-order valence-electron chi connectivity index (χ3n) is 10.0. The number of hydrogen-bond donors (Lipinski definition) is 1. The first-order chi connectivity index (χ1) is 17.7. The van der Waals surface area contributed by atoms with Gasteiger partial charge in [-0.2, -0.15) is 0 Å². The lowest BCUT2D eigenvalue weighted by Crippen LogP contribution is -2.46. The van der Waals surface area contributed by atoms with E-state index >= 15 is 0 Å². The number of carbonyl (C=O) groups is 2. The maximum atomic E-state index is 13.0. The molecule has 206 valence electrons. The molecule has 0 bridgehead atoms. The lowest BCUT2D eigenvalue weighted by atomic mass is 9.51. The highest BCUT2D eigenvalue weighted by atomic mass is 16.5. The second-order valence-corrected chi connectivity index (χ2v) is 12.6. The Kier molecular flexibility index (Phi) is 9.37. The molecule has 2 fully saturated rings. The Labute approximate surface area is 224 Å². The number of phenols is 1. The molecule has 1 amide bonds. The molecule has 1 aromatic rings. The van der Waals surface area contributed by atoms with Gasteiger partial charge in [0.1, 0.15) is 18.1 Å². The van der Waals surface area contributed by atoms with Crippen molar-refractivity contribution < 1.29 is 19.4 Å². The SMILES string of the molecule is CC(C)N(C)C(=O)COCCCCCCCC[C@H]1C[C@]2(C)C(=O)CCC2C2CCc3cc(O)ccc3C21. The first kappa shape index (κ1) is 28.1. The van der Waals surface area contributed by atoms with Crippen molar-refractivity contribution in [2.24, 2.45) is 23.2 Å². The van der Waals surface area contributed by atoms with E-state index in [1.807, 2.05) is 33.0 Å². The zero-order valence-electron chi connectivity index (χ0n) is 23.6. The first-order valence-corrected chi connectivity index (χ1v) is 14.9. The Bertz CT molecular complexity index is 943. The van der Waals surface area contributed by atoms with Gasteiger partial charge in [0.05, 0.1) is 0 Å². The minimum absolute atomic E-state index is 0.0526. The van der Waals surface area contributed by atoms with Crippen LogP contribution < -0.4 is 0 Å². The van der Waals surface area contributed by atoms with E-state index < -0.39 is 0 Å². The minimum atomic E-state index is -0.119. The molecule has 5 heteroatoms. The third-order valence-corrected chi connectivity index (χ3v) is 10.0. The van der Waals surface area contributed by atoms with Crippen molar-refractivity contribution in [3.8, 4) is 5.75 Å². The van der Waals surface area contributed by atoms with Gasteiger partial charge in [0.15, 0.2) is 0 Å². The normalized spacial score (nSPS) is 28.6. The highest BCUT2D eigenvalue weighted by Crippen LogP contribution is 2.62. The number of aromatic hydroxyl groups is 1. The predicted octanol–water partition coefficient (Wildman–Crippen LogP) is 6.66. The average Bonchev–Trinajstić information content (AvgIpc) is 3.17. The molecular weight excluding hydrogens is 462 g/mol. The maximum Gasteiger partial charge on any atom is 0.248 e. The molecule has 1 aromatic carbocycles. The molecule has 0 spiro atoms. The lowest BCUT2D eigenvalue weighted by molar-refractivity contribution is -0.136. The van der Waals surface area contributed by atoms with E-state index in [9.17, 15) is 14.7 Å². The number of unbranched alkanes of at least 4 members (excludes halogenated alkanes) is 5. The van der Waals surface area contributed by atoms with E-state index in [1.165, 1.54) is 43.2 Å². The predicted molar refractivity (Wildman–Crippen MR) is 148 cm³/mol. The van der Waals surface area contributed by atoms with Crippen LogP contribution in [-0.4, -0.2) is 48.0 Å². The summed E-state index contributed by atoms with van der Waals surface area (Å²) in [7, 11) is 1.83. The van der Waals surface area contributed by atoms with E-state index in [-0.39, 0.29) is 24.0 Å². The van der Waals surface area contributed by atoms with Crippen molar-refractivity contribution >= 4 is 11.7 Å². The van der Waals surface area contributed by atoms with Gasteiger partial charge < -0.3 is 14.7 Å². The van der Waals surface area contributed by atoms with Gasteiger partial charge in [-0.25, -0.2) is 0 Å². The fourth-order valence-corrected chi connectivity index (χ4v) is 7.79. The zero-order valence-corrected chi connectivity index (χ0v) is 23.6. The molecule has 0 aliphatic heterocycles. The van der Waals surface area contributed by atoms with Crippen molar-refractivity contribution in [1.82, 2.24) is 4.90 Å². The minimum Gasteiger partial charge on any atom is -0.508 e. The number of aryl methyl sites for hydroxylation is 1. The second kappa shape index (κ2) is 12.3. The topological polar surface area (TPSA) is 66.8 Å². The molecule has 3 aliphatic rings. The number of Topliss-reactive ketones (excluding diaryl/α,β-unsaturated/α-hetero) is 1. The molecule has 0 aromatic heterocycles. The number of phenolic OH excluding ortho intramolecular Hbond substituents is 1. The quantitative estimate of drug-likeness (QED) is 0.319. The molecule has 4 rings (SSSR count). The van der Waals surface area contributed by atoms with Crippen molar-refractivity contribution in [3.63, 3.8) is 0 Å². The number of hydrogen-bond acceptors (Lipinski definition) is 4. The van der Waals surface area contributed by atoms with Crippen LogP contribution in [0.25, 0.3) is 0 Å². The number of carbonyl (C=O) groups excluding carboxylic acids is 2. The van der Waals surface area contributed by atoms with Crippen LogP contribution in [0.2, 0.25) is 0 Å². The van der Waals surface area contributed by atoms with Gasteiger partial charge in [-0.1, -0.05) is 45.1 Å². The van der Waals surface area contributed by atoms with E-state index in [0.717, 1.165) is 44.9 Å². The summed E-state index contributed by atoms with van der Waals surface area (Å²) in [4.78, 5) is 26.7. The lowest BCUT2D eigenvalue weighted by Gasteiger charge is -2.52. The zero-order chi connectivity index (χ0) is 26.6. The summed E-state index contributed by atoms with van der Waals surface area (Å²) in [6.07, 6.45) is 13.3. The van der Waals surface area contributed by atoms with E-state index in [1.54, 1.807) is 4.90 Å². The van der Waals surface area contributed by atoms with E-state index in [4.69, 9.17) is 4.74 Å². The smallest absolute Gasteiger partial charge is 0.248 e. The molecule has 0 saturated heterocycles. The highest BCUT2D eigenvalue weighted by molar-refractivity contribution is 5.87. The van der Waals surface area contributed by atoms with Gasteiger partial charge in [-0.05, 0) is 99.3 Å². The van der Waals surface area contributed by atoms with Crippen molar-refractivity contribution in [3.05, 3.63) is 29.3 Å². The van der Waals surface area contributed by atoms with Gasteiger partial charge in [0.2, 0.25) is 5.91 Å². The molecule has 1 N–H and O–H groups in total. The molecule has 2 saturated carbocycles. The van der Waals surface area contributed by atoms with E-state index in [2.05, 4.69) is 13.0 Å². The number of fused-ring (bicyclic) bond motifs is 5. The first-order valence-electron chi connectivity index (χ1n) is 14.9. The second-order valence-electron chi connectivity index (χ2n) is 12.6. The summed E-state index contributed by atoms with van der Waals surface area (Å²) >= 11 is 0. The molecule has 0 heterocycles. The highest BCUT2D eigenvalue weighted by Gasteiger charge is 2.57. The molecular formula is C32H49NO4. The summed E-state index contributed by atoms with van der Waals surface area (Å²) in [6.45, 7) is 7.14. The Balaban J connectivity index is 1.22. The fraction of sp³-hybridized carbons (Fsp3) is 0.750. The van der Waals surface area contributed by atoms with Crippen LogP contribution in [0.1, 0.15) is 108 Å². The number of ether oxygens (including phenoxy) is 1. The van der Waals surface area contributed by atoms with E-state index in [0.29, 0.717) is 41.8 Å². The molecule has 37 heavy (non-hydrogen) atoms. The summed E-state index contributed by atoms with van der Waals surface area (Å²) < 4.78 is 5.58. The molecule has 3 aliphatic carbocycles. The van der Waals surface area contributed by atoms with Crippen molar-refractivity contribution in [2.45, 2.75) is 110 Å². The largest absolute Gasteiger partial charge is 0.508 e. The van der Waals surface area contributed by atoms with Crippen LogP contribution in [-0.2, 0) is 20.7 Å². The Morgan fingerprint density at radius 3 is 2.59 bits per heavy atom. The maximum absolute atomic E-state index is 13.0. The van der Waals surface area contributed by atoms with Crippen LogP contribution in [0.5, 0.6) is 5.75 Å². The van der Waals surface area contributed by atoms with Crippen LogP contribution in [0.4, 0.5) is 0 Å². The van der Waals surface area contributed by atoms with Crippen LogP contribution in [0.3, 0.4) is 0 Å². The Morgan fingerprint density at radius 1 is 1.11 bits per heavy atom.